The molecule has 0 aromatic carbocycles. The molecule has 0 aliphatic carbocycles. The zero-order chi connectivity index (χ0) is 48.1. The van der Waals surface area contributed by atoms with Gasteiger partial charge in [0.1, 0.15) is 6.10 Å². The number of aliphatic hydroxyl groups is 2. The maximum absolute atomic E-state index is 13.2. The van der Waals surface area contributed by atoms with Gasteiger partial charge in [-0.15, -0.1) is 0 Å². The topological polar surface area (TPSA) is 95.9 Å². The number of unbranched alkanes of at least 4 members (excludes halogenated alkanes) is 24. The molecule has 0 saturated carbocycles. The summed E-state index contributed by atoms with van der Waals surface area (Å²) in [5.41, 5.74) is 0. The van der Waals surface area contributed by atoms with Crippen LogP contribution in [0.1, 0.15) is 245 Å². The van der Waals surface area contributed by atoms with Crippen molar-refractivity contribution in [3.63, 3.8) is 0 Å². The summed E-state index contributed by atoms with van der Waals surface area (Å²) in [6.07, 6.45) is 70.2. The van der Waals surface area contributed by atoms with Crippen LogP contribution in [0.3, 0.4) is 0 Å². The molecule has 66 heavy (non-hydrogen) atoms. The summed E-state index contributed by atoms with van der Waals surface area (Å²) in [6, 6.07) is -0.721. The number of nitrogens with one attached hydrogen (secondary N) is 1. The summed E-state index contributed by atoms with van der Waals surface area (Å²) in [5.74, 6) is -0.528. The lowest BCUT2D eigenvalue weighted by molar-refractivity contribution is -0.151. The van der Waals surface area contributed by atoms with Crippen LogP contribution in [0.25, 0.3) is 0 Å². The first-order chi connectivity index (χ1) is 32.5. The fourth-order valence-electron chi connectivity index (χ4n) is 7.82. The Morgan fingerprint density at radius 1 is 0.455 bits per heavy atom. The van der Waals surface area contributed by atoms with E-state index in [2.05, 4.69) is 99.0 Å². The summed E-state index contributed by atoms with van der Waals surface area (Å²) in [6.45, 7) is 6.36. The molecule has 0 heterocycles. The number of amides is 1. The third-order valence-corrected chi connectivity index (χ3v) is 12.0. The van der Waals surface area contributed by atoms with Crippen molar-refractivity contribution in [2.45, 2.75) is 264 Å². The van der Waals surface area contributed by atoms with Crippen LogP contribution in [0.5, 0.6) is 0 Å². The molecule has 0 fully saturated rings. The number of carbonyl (C=O) groups is 2. The predicted molar refractivity (Wildman–Crippen MR) is 287 cm³/mol. The molecule has 0 bridgehead atoms. The molecule has 6 nitrogen and oxygen atoms in total. The van der Waals surface area contributed by atoms with Gasteiger partial charge >= 0.3 is 5.97 Å². The highest BCUT2D eigenvalue weighted by atomic mass is 16.5. The monoisotopic (exact) mass is 918 g/mol. The Morgan fingerprint density at radius 3 is 1.39 bits per heavy atom. The van der Waals surface area contributed by atoms with Crippen molar-refractivity contribution in [3.8, 4) is 0 Å². The average molecular weight is 918 g/mol. The number of hydrogen-bond donors (Lipinski definition) is 3. The molecule has 3 atom stereocenters. The van der Waals surface area contributed by atoms with E-state index in [9.17, 15) is 19.8 Å². The van der Waals surface area contributed by atoms with Gasteiger partial charge in [-0.05, 0) is 83.5 Å². The quantitative estimate of drug-likeness (QED) is 0.0245. The van der Waals surface area contributed by atoms with E-state index < -0.39 is 18.2 Å². The van der Waals surface area contributed by atoms with E-state index in [1.165, 1.54) is 89.9 Å². The van der Waals surface area contributed by atoms with Crippen molar-refractivity contribution in [3.05, 3.63) is 97.2 Å². The average Bonchev–Trinajstić information content (AvgIpc) is 3.31. The number of esters is 1. The smallest absolute Gasteiger partial charge is 0.306 e. The lowest BCUT2D eigenvalue weighted by Gasteiger charge is -2.24. The van der Waals surface area contributed by atoms with E-state index in [-0.39, 0.29) is 24.9 Å². The molecule has 0 aromatic heterocycles. The standard InChI is InChI=1S/C60H103NO5/c1-4-7-10-13-16-19-22-25-27-29-31-33-35-38-41-44-47-50-53-60(65)66-56(51-48-45-42-39-36-34-32-30-28-26-23-20-17-14-11-8-5-2)54-59(64)61-57(55-62)58(63)52-49-46-43-40-37-24-21-18-15-12-9-6-3/h10,13,16-17,19-20,22,25-29,31-34,56-58,62-63H,4-9,11-12,14-15,18,21,23-24,30,35-55H2,1-3H3,(H,61,64)/b13-10+,19-16+,20-17-,25-22+,28-26-,29-27+,33-31+,34-32-. The minimum Gasteiger partial charge on any atom is -0.462 e. The molecule has 0 saturated heterocycles. The molecule has 3 unspecified atom stereocenters. The van der Waals surface area contributed by atoms with Gasteiger partial charge in [0.2, 0.25) is 5.91 Å². The second-order valence-corrected chi connectivity index (χ2v) is 18.4. The number of ether oxygens (including phenoxy) is 1. The van der Waals surface area contributed by atoms with Crippen LogP contribution in [0.4, 0.5) is 0 Å². The maximum atomic E-state index is 13.2. The Kier molecular flexibility index (Phi) is 50.2. The summed E-state index contributed by atoms with van der Waals surface area (Å²) < 4.78 is 5.93. The molecule has 0 aliphatic heterocycles. The number of carbonyl (C=O) groups excluding carboxylic acids is 2. The van der Waals surface area contributed by atoms with Gasteiger partial charge in [-0.2, -0.15) is 0 Å². The minimum atomic E-state index is -0.804. The first-order valence-electron chi connectivity index (χ1n) is 27.5. The SMILES string of the molecule is CCC/C=C/C=C/C=C/C=C/C=C/CCCCCCCC(=O)OC(CCCCCC/C=C\C/C=C\C/C=C\CCCCC)CC(=O)NC(CO)C(O)CCCCCCCCCCCCCC. The molecular formula is C60H103NO5. The first-order valence-corrected chi connectivity index (χ1v) is 27.5. The summed E-state index contributed by atoms with van der Waals surface area (Å²) in [4.78, 5) is 26.2. The Bertz CT molecular complexity index is 1310. The van der Waals surface area contributed by atoms with Crippen molar-refractivity contribution < 1.29 is 24.5 Å². The second kappa shape index (κ2) is 52.7. The van der Waals surface area contributed by atoms with E-state index in [1.54, 1.807) is 0 Å². The summed E-state index contributed by atoms with van der Waals surface area (Å²) in [5, 5.41) is 23.8. The number of rotatable bonds is 48. The molecule has 0 radical (unpaired) electrons. The Balaban J connectivity index is 4.71. The lowest BCUT2D eigenvalue weighted by atomic mass is 10.0. The minimum absolute atomic E-state index is 0.0469. The Morgan fingerprint density at radius 2 is 0.864 bits per heavy atom. The fraction of sp³-hybridized carbons (Fsp3) is 0.700. The van der Waals surface area contributed by atoms with Gasteiger partial charge in [0.15, 0.2) is 0 Å². The van der Waals surface area contributed by atoms with Crippen LogP contribution < -0.4 is 5.32 Å². The zero-order valence-electron chi connectivity index (χ0n) is 43.0. The van der Waals surface area contributed by atoms with E-state index in [1.807, 2.05) is 24.3 Å². The number of allylic oxidation sites excluding steroid dienone is 16. The molecule has 378 valence electrons. The lowest BCUT2D eigenvalue weighted by Crippen LogP contribution is -2.46. The molecule has 0 spiro atoms. The van der Waals surface area contributed by atoms with E-state index >= 15 is 0 Å². The largest absolute Gasteiger partial charge is 0.462 e. The highest BCUT2D eigenvalue weighted by Gasteiger charge is 2.24. The summed E-state index contributed by atoms with van der Waals surface area (Å²) in [7, 11) is 0. The van der Waals surface area contributed by atoms with E-state index in [0.29, 0.717) is 19.3 Å². The van der Waals surface area contributed by atoms with Crippen LogP contribution in [0, 0.1) is 0 Å². The predicted octanol–water partition coefficient (Wildman–Crippen LogP) is 16.9. The highest BCUT2D eigenvalue weighted by Crippen LogP contribution is 2.17. The number of aliphatic hydroxyl groups excluding tert-OH is 2. The van der Waals surface area contributed by atoms with Crippen molar-refractivity contribution in [1.29, 1.82) is 0 Å². The number of hydrogen-bond acceptors (Lipinski definition) is 5. The van der Waals surface area contributed by atoms with Crippen LogP contribution in [0.2, 0.25) is 0 Å². The van der Waals surface area contributed by atoms with Crippen LogP contribution in [-0.4, -0.2) is 46.9 Å². The van der Waals surface area contributed by atoms with Gasteiger partial charge in [0, 0.05) is 6.42 Å². The van der Waals surface area contributed by atoms with Gasteiger partial charge in [-0.1, -0.05) is 246 Å². The van der Waals surface area contributed by atoms with Crippen LogP contribution in [0.15, 0.2) is 97.2 Å². The van der Waals surface area contributed by atoms with Gasteiger partial charge in [0.05, 0.1) is 25.2 Å². The van der Waals surface area contributed by atoms with Gasteiger partial charge in [-0.3, -0.25) is 9.59 Å². The summed E-state index contributed by atoms with van der Waals surface area (Å²) >= 11 is 0. The van der Waals surface area contributed by atoms with Crippen LogP contribution in [-0.2, 0) is 14.3 Å². The molecular weight excluding hydrogens is 815 g/mol. The van der Waals surface area contributed by atoms with Crippen molar-refractivity contribution in [2.24, 2.45) is 0 Å². The molecule has 1 amide bonds. The highest BCUT2D eigenvalue weighted by molar-refractivity contribution is 5.77. The Labute approximate surface area is 407 Å². The van der Waals surface area contributed by atoms with Gasteiger partial charge in [-0.25, -0.2) is 0 Å². The molecule has 6 heteroatoms. The van der Waals surface area contributed by atoms with Crippen molar-refractivity contribution in [1.82, 2.24) is 5.32 Å². The molecule has 3 N–H and O–H groups in total. The van der Waals surface area contributed by atoms with Crippen LogP contribution >= 0.6 is 0 Å². The molecule has 0 rings (SSSR count). The van der Waals surface area contributed by atoms with Gasteiger partial charge < -0.3 is 20.3 Å². The zero-order valence-corrected chi connectivity index (χ0v) is 43.0. The fourth-order valence-corrected chi connectivity index (χ4v) is 7.82. The molecule has 0 aliphatic rings. The van der Waals surface area contributed by atoms with Crippen molar-refractivity contribution >= 4 is 11.9 Å². The van der Waals surface area contributed by atoms with Crippen molar-refractivity contribution in [2.75, 3.05) is 6.61 Å². The third kappa shape index (κ3) is 47.3. The third-order valence-electron chi connectivity index (χ3n) is 12.0. The normalized spacial score (nSPS) is 14.0. The van der Waals surface area contributed by atoms with E-state index in [0.717, 1.165) is 109 Å². The Hall–Kier alpha value is -3.22. The maximum Gasteiger partial charge on any atom is 0.306 e. The second-order valence-electron chi connectivity index (χ2n) is 18.4. The molecule has 0 aromatic rings. The van der Waals surface area contributed by atoms with Gasteiger partial charge in [0.25, 0.3) is 0 Å². The van der Waals surface area contributed by atoms with E-state index in [4.69, 9.17) is 4.74 Å². The first kappa shape index (κ1) is 62.8.